The molecule has 0 unspecified atom stereocenters. The quantitative estimate of drug-likeness (QED) is 0.145. The number of pyridine rings is 3. The molecule has 0 saturated carbocycles. The molecular formula is C135H81N9S3. The highest BCUT2D eigenvalue weighted by Gasteiger charge is 2.28. The van der Waals surface area contributed by atoms with Crippen LogP contribution in [0.5, 0.6) is 0 Å². The molecular weight excluding hydrogens is 1840 g/mol. The van der Waals surface area contributed by atoms with Crippen LogP contribution in [-0.4, -0.2) is 42.4 Å². The maximum absolute atomic E-state index is 5.32. The lowest BCUT2D eigenvalue weighted by Crippen LogP contribution is -1.99. The molecule has 12 aromatic heterocycles. The first-order valence-corrected chi connectivity index (χ1v) is 52.4. The van der Waals surface area contributed by atoms with Gasteiger partial charge in [0.2, 0.25) is 0 Å². The van der Waals surface area contributed by atoms with Gasteiger partial charge in [0.15, 0.2) is 0 Å². The molecule has 684 valence electrons. The number of thiophene rings is 3. The summed E-state index contributed by atoms with van der Waals surface area (Å²) in [5.74, 6) is 0. The summed E-state index contributed by atoms with van der Waals surface area (Å²) in [5.41, 5.74) is 31.3. The minimum atomic E-state index is 1.01. The van der Waals surface area contributed by atoms with Crippen LogP contribution >= 0.6 is 34.0 Å². The summed E-state index contributed by atoms with van der Waals surface area (Å²) in [5, 5.41) is 26.4. The molecule has 33 rings (SSSR count). The number of fused-ring (bicyclic) bond motifs is 35. The lowest BCUT2D eigenvalue weighted by Gasteiger charge is -2.13. The predicted octanol–water partition coefficient (Wildman–Crippen LogP) is 37.4. The molecule has 0 N–H and O–H groups in total. The van der Waals surface area contributed by atoms with Gasteiger partial charge in [0, 0.05) is 179 Å². The molecule has 0 fully saturated rings. The van der Waals surface area contributed by atoms with Gasteiger partial charge in [-0.3, -0.25) is 9.97 Å². The molecule has 12 heterocycles. The van der Waals surface area contributed by atoms with E-state index in [1.165, 1.54) is 235 Å². The van der Waals surface area contributed by atoms with Gasteiger partial charge in [0.1, 0.15) is 0 Å². The van der Waals surface area contributed by atoms with E-state index < -0.39 is 0 Å². The van der Waals surface area contributed by atoms with Crippen LogP contribution in [0.15, 0.2) is 492 Å². The van der Waals surface area contributed by atoms with Crippen LogP contribution in [-0.2, 0) is 0 Å². The average Bonchev–Trinajstić information content (AvgIpc) is 1.54. The third kappa shape index (κ3) is 12.8. The Morgan fingerprint density at radius 2 is 0.456 bits per heavy atom. The van der Waals surface area contributed by atoms with E-state index in [0.29, 0.717) is 0 Å². The summed E-state index contributed by atoms with van der Waals surface area (Å²) in [6, 6.07) is 174. The SMILES string of the molecule is c1ccc(-n2c3ccccc3c3cc(-c4ccc5c(c4)c4ccccc4n5-c4cccc(-c5nc6ccccc6c6c5sc5ccccc56)c4)ccc32)cc1.c1ccc(-n2c3ccccc3c3ccc4c5ccccc5n(-c5ccc(-c6ccc7c(c6)ncc6sc8ccccc8c67)cc5)c4c32)cc1.c1ccc(-n2c3ccccc3c3ccc4c5ccccc5n(-c5ccc6c(c5)ncc5sc7ccccc7c56)c4c32)cc1. The molecule has 0 spiro atoms. The van der Waals surface area contributed by atoms with Gasteiger partial charge < -0.3 is 27.4 Å². The van der Waals surface area contributed by atoms with Crippen molar-refractivity contribution in [3.05, 3.63) is 492 Å². The van der Waals surface area contributed by atoms with Crippen molar-refractivity contribution in [1.82, 2.24) is 42.4 Å². The molecule has 0 saturated heterocycles. The Bertz CT molecular complexity index is 11300. The van der Waals surface area contributed by atoms with E-state index in [1.807, 2.05) is 46.4 Å². The number of rotatable bonds is 9. The summed E-state index contributed by atoms with van der Waals surface area (Å²) in [6.07, 6.45) is 4.08. The standard InChI is InChI=1S/C51H31N3S.C45H27N3S.C39H23N3S/c1-2-14-35(15-3-1)53-44-22-9-5-17-37(44)41-30-32(25-27-46(41)53)33-26-28-47-42(31-33)38-18-6-10-23-45(38)54(47)36-16-12-13-34(29-36)50-51-49(39-19-4-8-21-43(39)52-50)40-20-7-11-24-48(40)55-51;1-2-10-30(11-3-1)47-39-15-7-4-12-32(39)34-24-25-35-33-13-5-8-16-40(33)48(45(35)44(34)47)31-21-18-28(19-22-31)29-20-23-36-38(26-29)46-27-42-43(36)37-14-6-9-17-41(37)49-42;1-2-10-24(11-3-1)41-33-15-7-4-12-26(33)28-20-21-29-27-13-5-8-16-34(27)42(39(29)38(28)41)25-18-19-30-32(22-25)40-23-36-37(30)31-14-6-9-17-35(31)43-36/h1-31H;1-27H;1-23H. The van der Waals surface area contributed by atoms with Gasteiger partial charge in [-0.05, 0) is 186 Å². The van der Waals surface area contributed by atoms with Crippen LogP contribution in [0.4, 0.5) is 0 Å². The molecule has 9 nitrogen and oxygen atoms in total. The van der Waals surface area contributed by atoms with Crippen LogP contribution in [0.3, 0.4) is 0 Å². The first kappa shape index (κ1) is 83.0. The maximum Gasteiger partial charge on any atom is 0.0889 e. The topological polar surface area (TPSA) is 68.2 Å². The lowest BCUT2D eigenvalue weighted by atomic mass is 10.0. The number of benzene rings is 21. The number of aromatic nitrogens is 9. The number of hydrogen-bond acceptors (Lipinski definition) is 6. The first-order chi connectivity index (χ1) is 72.9. The molecule has 0 aliphatic heterocycles. The normalized spacial score (nSPS) is 12.1. The minimum Gasteiger partial charge on any atom is -0.309 e. The second kappa shape index (κ2) is 32.9. The van der Waals surface area contributed by atoms with Crippen LogP contribution in [0.2, 0.25) is 0 Å². The molecule has 33 aromatic rings. The van der Waals surface area contributed by atoms with Gasteiger partial charge in [0.05, 0.1) is 103 Å². The summed E-state index contributed by atoms with van der Waals surface area (Å²) >= 11 is 5.46. The van der Waals surface area contributed by atoms with Crippen molar-refractivity contribution >= 4 is 258 Å². The Morgan fingerprint density at radius 3 is 0.925 bits per heavy atom. The maximum atomic E-state index is 5.32. The van der Waals surface area contributed by atoms with Crippen LogP contribution in [0.25, 0.3) is 292 Å². The van der Waals surface area contributed by atoms with E-state index in [1.54, 1.807) is 0 Å². The zero-order chi connectivity index (χ0) is 96.2. The molecule has 21 aromatic carbocycles. The van der Waals surface area contributed by atoms with Gasteiger partial charge in [-0.15, -0.1) is 34.0 Å². The highest BCUT2D eigenvalue weighted by molar-refractivity contribution is 7.27. The fraction of sp³-hybridized carbons (Fsp3) is 0. The van der Waals surface area contributed by atoms with Crippen molar-refractivity contribution in [2.75, 3.05) is 0 Å². The van der Waals surface area contributed by atoms with E-state index >= 15 is 0 Å². The Morgan fingerprint density at radius 1 is 0.156 bits per heavy atom. The monoisotopic (exact) mass is 1920 g/mol. The van der Waals surface area contributed by atoms with Crippen LogP contribution < -0.4 is 0 Å². The Balaban J connectivity index is 0.000000101. The van der Waals surface area contributed by atoms with E-state index in [-0.39, 0.29) is 0 Å². The largest absolute Gasteiger partial charge is 0.309 e. The second-order valence-corrected chi connectivity index (χ2v) is 41.5. The van der Waals surface area contributed by atoms with Gasteiger partial charge in [-0.2, -0.15) is 0 Å². The zero-order valence-corrected chi connectivity index (χ0v) is 81.5. The summed E-state index contributed by atoms with van der Waals surface area (Å²) in [4.78, 5) is 15.2. The Hall–Kier alpha value is -18.7. The third-order valence-electron chi connectivity index (χ3n) is 30.4. The number of nitrogens with zero attached hydrogens (tertiary/aromatic N) is 9. The smallest absolute Gasteiger partial charge is 0.0889 e. The average molecular weight is 1930 g/mol. The van der Waals surface area contributed by atoms with E-state index in [2.05, 4.69) is 507 Å². The van der Waals surface area contributed by atoms with E-state index in [9.17, 15) is 0 Å². The van der Waals surface area contributed by atoms with Crippen LogP contribution in [0.1, 0.15) is 0 Å². The Labute approximate surface area is 852 Å². The number of hydrogen-bond donors (Lipinski definition) is 0. The van der Waals surface area contributed by atoms with E-state index in [4.69, 9.17) is 15.0 Å². The number of para-hydroxylation sites is 10. The summed E-state index contributed by atoms with van der Waals surface area (Å²) < 4.78 is 22.1. The van der Waals surface area contributed by atoms with Crippen molar-refractivity contribution in [3.63, 3.8) is 0 Å². The molecule has 12 heteroatoms. The zero-order valence-electron chi connectivity index (χ0n) is 79.0. The van der Waals surface area contributed by atoms with E-state index in [0.717, 1.165) is 56.2 Å². The highest BCUT2D eigenvalue weighted by Crippen LogP contribution is 2.51. The van der Waals surface area contributed by atoms with Gasteiger partial charge in [-0.25, -0.2) is 4.98 Å². The second-order valence-electron chi connectivity index (χ2n) is 38.3. The van der Waals surface area contributed by atoms with Crippen molar-refractivity contribution in [1.29, 1.82) is 0 Å². The molecule has 0 atom stereocenters. The van der Waals surface area contributed by atoms with Crippen LogP contribution in [0, 0.1) is 0 Å². The van der Waals surface area contributed by atoms with Crippen molar-refractivity contribution in [3.8, 4) is 67.6 Å². The minimum absolute atomic E-state index is 1.01. The Kier molecular flexibility index (Phi) is 18.6. The van der Waals surface area contributed by atoms with Crippen molar-refractivity contribution in [2.24, 2.45) is 0 Å². The molecule has 0 amide bonds. The lowest BCUT2D eigenvalue weighted by molar-refractivity contribution is 1.15. The summed E-state index contributed by atoms with van der Waals surface area (Å²) in [7, 11) is 0. The highest BCUT2D eigenvalue weighted by atomic mass is 32.1. The van der Waals surface area contributed by atoms with Gasteiger partial charge >= 0.3 is 0 Å². The molecule has 0 aliphatic carbocycles. The third-order valence-corrected chi connectivity index (χ3v) is 33.8. The fourth-order valence-electron chi connectivity index (χ4n) is 24.0. The molecule has 147 heavy (non-hydrogen) atoms. The fourth-order valence-corrected chi connectivity index (χ4v) is 27.4. The van der Waals surface area contributed by atoms with Gasteiger partial charge in [0.25, 0.3) is 0 Å². The van der Waals surface area contributed by atoms with Gasteiger partial charge in [-0.1, -0.05) is 315 Å². The molecule has 0 radical (unpaired) electrons. The van der Waals surface area contributed by atoms with Crippen molar-refractivity contribution in [2.45, 2.75) is 0 Å². The first-order valence-electron chi connectivity index (χ1n) is 49.9. The molecule has 0 bridgehead atoms. The predicted molar refractivity (Wildman–Crippen MR) is 626 cm³/mol. The molecule has 0 aliphatic rings. The summed E-state index contributed by atoms with van der Waals surface area (Å²) in [6.45, 7) is 0. The van der Waals surface area contributed by atoms with Crippen molar-refractivity contribution < 1.29 is 0 Å².